The second-order valence-corrected chi connectivity index (χ2v) is 5.86. The van der Waals surface area contributed by atoms with Crippen molar-refractivity contribution in [3.63, 3.8) is 0 Å². The van der Waals surface area contributed by atoms with Crippen molar-refractivity contribution < 1.29 is 4.39 Å². The van der Waals surface area contributed by atoms with E-state index in [1.165, 1.54) is 0 Å². The zero-order valence-electron chi connectivity index (χ0n) is 12.8. The minimum atomic E-state index is -0.0869. The van der Waals surface area contributed by atoms with Crippen molar-refractivity contribution in [3.8, 4) is 0 Å². The van der Waals surface area contributed by atoms with Gasteiger partial charge in [0.05, 0.1) is 0 Å². The number of nitrogens with zero attached hydrogens (tertiary/aromatic N) is 2. The Kier molecular flexibility index (Phi) is 5.52. The van der Waals surface area contributed by atoms with Gasteiger partial charge in [-0.1, -0.05) is 12.1 Å². The van der Waals surface area contributed by atoms with Gasteiger partial charge < -0.3 is 5.32 Å². The van der Waals surface area contributed by atoms with Crippen LogP contribution in [0, 0.1) is 5.82 Å². The molecule has 0 bridgehead atoms. The summed E-state index contributed by atoms with van der Waals surface area (Å²) in [6, 6.07) is 6.03. The molecule has 0 atom stereocenters. The molecule has 1 saturated heterocycles. The Bertz CT molecular complexity index is 426. The summed E-state index contributed by atoms with van der Waals surface area (Å²) >= 11 is 0. The minimum Gasteiger partial charge on any atom is -0.316 e. The first-order chi connectivity index (χ1) is 9.60. The first-order valence-electron chi connectivity index (χ1n) is 7.48. The van der Waals surface area contributed by atoms with Crippen molar-refractivity contribution in [1.82, 2.24) is 15.1 Å². The van der Waals surface area contributed by atoms with E-state index < -0.39 is 0 Å². The van der Waals surface area contributed by atoms with E-state index in [1.807, 2.05) is 19.2 Å². The van der Waals surface area contributed by atoms with Crippen molar-refractivity contribution in [3.05, 3.63) is 35.1 Å². The van der Waals surface area contributed by atoms with Gasteiger partial charge in [0.15, 0.2) is 0 Å². The fourth-order valence-electron chi connectivity index (χ4n) is 2.74. The largest absolute Gasteiger partial charge is 0.316 e. The zero-order chi connectivity index (χ0) is 14.5. The van der Waals surface area contributed by atoms with Gasteiger partial charge in [-0.15, -0.1) is 0 Å². The Hall–Kier alpha value is -0.970. The molecular formula is C16H26FN3. The number of halogens is 1. The van der Waals surface area contributed by atoms with Crippen LogP contribution >= 0.6 is 0 Å². The zero-order valence-corrected chi connectivity index (χ0v) is 12.8. The molecule has 1 N–H and O–H groups in total. The molecule has 1 aliphatic heterocycles. The number of rotatable bonds is 5. The lowest BCUT2D eigenvalue weighted by Gasteiger charge is -2.37. The van der Waals surface area contributed by atoms with Crippen LogP contribution in [0.2, 0.25) is 0 Å². The maximum atomic E-state index is 13.9. The van der Waals surface area contributed by atoms with E-state index in [0.29, 0.717) is 6.04 Å². The Morgan fingerprint density at radius 2 is 1.90 bits per heavy atom. The van der Waals surface area contributed by atoms with Gasteiger partial charge in [0, 0.05) is 50.9 Å². The summed E-state index contributed by atoms with van der Waals surface area (Å²) in [7, 11) is 1.91. The molecule has 0 amide bonds. The van der Waals surface area contributed by atoms with Gasteiger partial charge in [0.1, 0.15) is 5.82 Å². The van der Waals surface area contributed by atoms with E-state index in [-0.39, 0.29) is 5.82 Å². The summed E-state index contributed by atoms with van der Waals surface area (Å²) in [5, 5.41) is 3.11. The van der Waals surface area contributed by atoms with E-state index in [1.54, 1.807) is 6.07 Å². The van der Waals surface area contributed by atoms with Gasteiger partial charge in [-0.25, -0.2) is 4.39 Å². The van der Waals surface area contributed by atoms with E-state index >= 15 is 0 Å². The van der Waals surface area contributed by atoms with Gasteiger partial charge in [-0.05, 0) is 32.5 Å². The fourth-order valence-corrected chi connectivity index (χ4v) is 2.74. The van der Waals surface area contributed by atoms with E-state index in [0.717, 1.165) is 50.4 Å². The van der Waals surface area contributed by atoms with E-state index in [2.05, 4.69) is 29.0 Å². The standard InChI is InChI=1S/C16H26FN3/c1-13(2)20-8-6-19(7-9-20)12-15-10-14(11-18-3)4-5-16(15)17/h4-5,10,13,18H,6-9,11-12H2,1-3H3. The van der Waals surface area contributed by atoms with Crippen LogP contribution in [-0.4, -0.2) is 49.1 Å². The second-order valence-electron chi connectivity index (χ2n) is 5.86. The number of nitrogens with one attached hydrogen (secondary N) is 1. The lowest BCUT2D eigenvalue weighted by molar-refractivity contribution is 0.103. The molecular weight excluding hydrogens is 253 g/mol. The van der Waals surface area contributed by atoms with Crippen molar-refractivity contribution in [2.24, 2.45) is 0 Å². The third-order valence-electron chi connectivity index (χ3n) is 4.02. The average molecular weight is 279 g/mol. The molecule has 0 spiro atoms. The van der Waals surface area contributed by atoms with Crippen molar-refractivity contribution in [2.75, 3.05) is 33.2 Å². The molecule has 112 valence electrons. The summed E-state index contributed by atoms with van der Waals surface area (Å²) in [6.45, 7) is 10.2. The second kappa shape index (κ2) is 7.16. The van der Waals surface area contributed by atoms with Gasteiger partial charge >= 0.3 is 0 Å². The average Bonchev–Trinajstić information content (AvgIpc) is 2.43. The van der Waals surface area contributed by atoms with Gasteiger partial charge in [0.25, 0.3) is 0 Å². The molecule has 4 heteroatoms. The van der Waals surface area contributed by atoms with Gasteiger partial charge in [-0.2, -0.15) is 0 Å². The van der Waals surface area contributed by atoms with Crippen molar-refractivity contribution in [1.29, 1.82) is 0 Å². The minimum absolute atomic E-state index is 0.0869. The summed E-state index contributed by atoms with van der Waals surface area (Å²) in [5.74, 6) is -0.0869. The third-order valence-corrected chi connectivity index (χ3v) is 4.02. The Morgan fingerprint density at radius 3 is 2.50 bits per heavy atom. The maximum absolute atomic E-state index is 13.9. The molecule has 3 nitrogen and oxygen atoms in total. The molecule has 0 saturated carbocycles. The van der Waals surface area contributed by atoms with Crippen LogP contribution in [0.5, 0.6) is 0 Å². The highest BCUT2D eigenvalue weighted by Gasteiger charge is 2.19. The summed E-state index contributed by atoms with van der Waals surface area (Å²) in [4.78, 5) is 4.82. The smallest absolute Gasteiger partial charge is 0.127 e. The lowest BCUT2D eigenvalue weighted by atomic mass is 10.1. The van der Waals surface area contributed by atoms with Crippen molar-refractivity contribution >= 4 is 0 Å². The Morgan fingerprint density at radius 1 is 1.20 bits per heavy atom. The topological polar surface area (TPSA) is 18.5 Å². The van der Waals surface area contributed by atoms with Crippen LogP contribution in [0.1, 0.15) is 25.0 Å². The van der Waals surface area contributed by atoms with Crippen LogP contribution in [0.25, 0.3) is 0 Å². The normalized spacial score (nSPS) is 17.9. The van der Waals surface area contributed by atoms with Gasteiger partial charge in [0.2, 0.25) is 0 Å². The fraction of sp³-hybridized carbons (Fsp3) is 0.625. The predicted molar refractivity (Wildman–Crippen MR) is 81.1 cm³/mol. The quantitative estimate of drug-likeness (QED) is 0.890. The molecule has 0 radical (unpaired) electrons. The molecule has 0 aromatic heterocycles. The number of hydrogen-bond acceptors (Lipinski definition) is 3. The maximum Gasteiger partial charge on any atom is 0.127 e. The summed E-state index contributed by atoms with van der Waals surface area (Å²) in [6.07, 6.45) is 0. The van der Waals surface area contributed by atoms with Crippen molar-refractivity contribution in [2.45, 2.75) is 33.0 Å². The van der Waals surface area contributed by atoms with Crippen LogP contribution < -0.4 is 5.32 Å². The molecule has 2 rings (SSSR count). The summed E-state index contributed by atoms with van der Waals surface area (Å²) < 4.78 is 13.9. The Labute approximate surface area is 121 Å². The molecule has 20 heavy (non-hydrogen) atoms. The highest BCUT2D eigenvalue weighted by molar-refractivity contribution is 5.25. The highest BCUT2D eigenvalue weighted by Crippen LogP contribution is 2.15. The number of piperazine rings is 1. The first kappa shape index (κ1) is 15.4. The van der Waals surface area contributed by atoms with Crippen LogP contribution in [0.4, 0.5) is 4.39 Å². The summed E-state index contributed by atoms with van der Waals surface area (Å²) in [5.41, 5.74) is 1.96. The molecule has 1 aromatic carbocycles. The number of hydrogen-bond donors (Lipinski definition) is 1. The molecule has 0 unspecified atom stereocenters. The van der Waals surface area contributed by atoms with Crippen LogP contribution in [0.3, 0.4) is 0 Å². The molecule has 1 fully saturated rings. The first-order valence-corrected chi connectivity index (χ1v) is 7.48. The van der Waals surface area contributed by atoms with E-state index in [9.17, 15) is 4.39 Å². The van der Waals surface area contributed by atoms with Crippen LogP contribution in [0.15, 0.2) is 18.2 Å². The van der Waals surface area contributed by atoms with Crippen LogP contribution in [-0.2, 0) is 13.1 Å². The molecule has 1 aliphatic rings. The monoisotopic (exact) mass is 279 g/mol. The van der Waals surface area contributed by atoms with Gasteiger partial charge in [-0.3, -0.25) is 9.80 Å². The number of benzene rings is 1. The third kappa shape index (κ3) is 4.01. The molecule has 0 aliphatic carbocycles. The molecule has 1 heterocycles. The highest BCUT2D eigenvalue weighted by atomic mass is 19.1. The lowest BCUT2D eigenvalue weighted by Crippen LogP contribution is -2.48. The molecule has 1 aromatic rings. The predicted octanol–water partition coefficient (Wildman–Crippen LogP) is 2.07. The SMILES string of the molecule is CNCc1ccc(F)c(CN2CCN(C(C)C)CC2)c1. The Balaban J connectivity index is 1.95. The van der Waals surface area contributed by atoms with E-state index in [4.69, 9.17) is 0 Å².